The van der Waals surface area contributed by atoms with Crippen molar-refractivity contribution in [1.29, 1.82) is 0 Å². The van der Waals surface area contributed by atoms with Gasteiger partial charge in [-0.2, -0.15) is 0 Å². The van der Waals surface area contributed by atoms with Crippen molar-refractivity contribution in [3.05, 3.63) is 54.4 Å². The van der Waals surface area contributed by atoms with E-state index in [0.29, 0.717) is 6.54 Å². The summed E-state index contributed by atoms with van der Waals surface area (Å²) in [5, 5.41) is 0.589. The number of rotatable bonds is 7. The van der Waals surface area contributed by atoms with Gasteiger partial charge in [0.05, 0.1) is 22.5 Å². The highest BCUT2D eigenvalue weighted by Gasteiger charge is 2.27. The second-order valence-corrected chi connectivity index (χ2v) is 7.69. The molecule has 0 radical (unpaired) electrons. The fraction of sp³-hybridized carbons (Fsp3) is 0.350. The zero-order chi connectivity index (χ0) is 18.5. The molecule has 136 valence electrons. The number of pyridine rings is 1. The number of thioether (sulfide) groups is 1. The summed E-state index contributed by atoms with van der Waals surface area (Å²) < 4.78 is 0. The van der Waals surface area contributed by atoms with E-state index in [0.717, 1.165) is 28.2 Å². The zero-order valence-corrected chi connectivity index (χ0v) is 16.2. The number of carbonyl (C=O) groups is 1. The van der Waals surface area contributed by atoms with Crippen LogP contribution in [0, 0.1) is 0 Å². The largest absolute Gasteiger partial charge is 0.335 e. The van der Waals surface area contributed by atoms with E-state index in [4.69, 9.17) is 0 Å². The molecule has 26 heavy (non-hydrogen) atoms. The molecule has 0 saturated carbocycles. The summed E-state index contributed by atoms with van der Waals surface area (Å²) in [6.07, 6.45) is 4.22. The van der Waals surface area contributed by atoms with Crippen LogP contribution in [0.3, 0.4) is 0 Å². The Morgan fingerprint density at radius 1 is 1.23 bits per heavy atom. The second kappa shape index (κ2) is 8.36. The van der Waals surface area contributed by atoms with Crippen molar-refractivity contribution in [2.45, 2.75) is 50.2 Å². The van der Waals surface area contributed by atoms with Crippen LogP contribution in [0.25, 0.3) is 11.0 Å². The molecule has 0 aliphatic rings. The van der Waals surface area contributed by atoms with Gasteiger partial charge in [-0.15, -0.1) is 0 Å². The molecular weight excluding hydrogens is 344 g/mol. The van der Waals surface area contributed by atoms with Crippen molar-refractivity contribution in [3.8, 4) is 0 Å². The summed E-state index contributed by atoms with van der Waals surface area (Å²) in [4.78, 5) is 27.1. The van der Waals surface area contributed by atoms with Crippen molar-refractivity contribution < 1.29 is 4.79 Å². The van der Waals surface area contributed by atoms with E-state index in [1.165, 1.54) is 11.8 Å². The number of aromatic amines is 1. The highest BCUT2D eigenvalue weighted by molar-refractivity contribution is 8.00. The Balaban J connectivity index is 1.77. The first-order valence-electron chi connectivity index (χ1n) is 8.89. The summed E-state index contributed by atoms with van der Waals surface area (Å²) in [5.74, 6) is 0.148. The van der Waals surface area contributed by atoms with Crippen LogP contribution in [0.5, 0.6) is 0 Å². The van der Waals surface area contributed by atoms with Gasteiger partial charge in [-0.25, -0.2) is 4.98 Å². The Morgan fingerprint density at radius 2 is 2.00 bits per heavy atom. The van der Waals surface area contributed by atoms with Crippen LogP contribution in [0.15, 0.2) is 53.9 Å². The zero-order valence-electron chi connectivity index (χ0n) is 15.3. The number of aromatic nitrogens is 3. The lowest BCUT2D eigenvalue weighted by Crippen LogP contribution is -2.41. The number of benzene rings is 1. The van der Waals surface area contributed by atoms with E-state index in [1.807, 2.05) is 36.1 Å². The highest BCUT2D eigenvalue weighted by atomic mass is 32.2. The van der Waals surface area contributed by atoms with Crippen LogP contribution in [0.2, 0.25) is 0 Å². The van der Waals surface area contributed by atoms with Crippen LogP contribution in [0.4, 0.5) is 0 Å². The van der Waals surface area contributed by atoms with Gasteiger partial charge in [0.2, 0.25) is 5.91 Å². The second-order valence-electron chi connectivity index (χ2n) is 6.50. The summed E-state index contributed by atoms with van der Waals surface area (Å²) in [6.45, 7) is 6.79. The first-order valence-corrected chi connectivity index (χ1v) is 9.77. The minimum absolute atomic E-state index is 0.136. The molecular formula is C20H24N4OS. The number of imidazole rings is 1. The van der Waals surface area contributed by atoms with Crippen LogP contribution >= 0.6 is 11.8 Å². The number of carbonyl (C=O) groups excluding carboxylic acids is 1. The molecule has 1 atom stereocenters. The average molecular weight is 369 g/mol. The smallest absolute Gasteiger partial charge is 0.236 e. The van der Waals surface area contributed by atoms with Gasteiger partial charge in [-0.05, 0) is 31.9 Å². The molecule has 0 bridgehead atoms. The fourth-order valence-corrected chi connectivity index (χ4v) is 3.80. The molecule has 5 nitrogen and oxygen atoms in total. The molecule has 0 fully saturated rings. The SMILES string of the molecule is CC[C@H](Sc1nc2ccncc2[nH]1)C(=O)N(Cc1ccccc1)C(C)C. The van der Waals surface area contributed by atoms with Gasteiger partial charge in [-0.1, -0.05) is 49.0 Å². The summed E-state index contributed by atoms with van der Waals surface area (Å²) in [7, 11) is 0. The molecule has 6 heteroatoms. The Hall–Kier alpha value is -2.34. The van der Waals surface area contributed by atoms with E-state index in [2.05, 4.69) is 40.9 Å². The van der Waals surface area contributed by atoms with Gasteiger partial charge in [0, 0.05) is 18.8 Å². The molecule has 0 aliphatic heterocycles. The Kier molecular flexibility index (Phi) is 5.93. The molecule has 1 N–H and O–H groups in total. The van der Waals surface area contributed by atoms with Crippen molar-refractivity contribution >= 4 is 28.7 Å². The van der Waals surface area contributed by atoms with Gasteiger partial charge in [-0.3, -0.25) is 9.78 Å². The number of H-pyrrole nitrogens is 1. The van der Waals surface area contributed by atoms with E-state index in [9.17, 15) is 4.79 Å². The monoisotopic (exact) mass is 368 g/mol. The first-order chi connectivity index (χ1) is 12.6. The van der Waals surface area contributed by atoms with E-state index in [1.54, 1.807) is 12.4 Å². The van der Waals surface area contributed by atoms with E-state index < -0.39 is 0 Å². The molecule has 0 spiro atoms. The van der Waals surface area contributed by atoms with Gasteiger partial charge in [0.1, 0.15) is 0 Å². The Bertz CT molecular complexity index is 829. The third kappa shape index (κ3) is 4.25. The van der Waals surface area contributed by atoms with Gasteiger partial charge in [0.15, 0.2) is 5.16 Å². The maximum Gasteiger partial charge on any atom is 0.236 e. The molecule has 2 heterocycles. The predicted octanol–water partition coefficient (Wildman–Crippen LogP) is 4.27. The summed E-state index contributed by atoms with van der Waals surface area (Å²) in [6, 6.07) is 12.1. The Labute approximate surface area is 158 Å². The molecule has 1 amide bonds. The number of hydrogen-bond acceptors (Lipinski definition) is 4. The summed E-state index contributed by atoms with van der Waals surface area (Å²) >= 11 is 1.49. The maximum atomic E-state index is 13.2. The van der Waals surface area contributed by atoms with Crippen LogP contribution in [-0.4, -0.2) is 37.1 Å². The van der Waals surface area contributed by atoms with E-state index in [-0.39, 0.29) is 17.2 Å². The molecule has 0 unspecified atom stereocenters. The third-order valence-corrected chi connectivity index (χ3v) is 5.50. The molecule has 2 aromatic heterocycles. The lowest BCUT2D eigenvalue weighted by molar-refractivity contribution is -0.133. The van der Waals surface area contributed by atoms with Gasteiger partial charge >= 0.3 is 0 Å². The number of nitrogens with one attached hydrogen (secondary N) is 1. The normalized spacial score (nSPS) is 12.5. The standard InChI is InChI=1S/C20H24N4OS/c1-4-18(26-20-22-16-10-11-21-12-17(16)23-20)19(25)24(14(2)3)13-15-8-6-5-7-9-15/h5-12,14,18H,4,13H2,1-3H3,(H,22,23)/t18-/m0/s1. The lowest BCUT2D eigenvalue weighted by atomic mass is 10.1. The first kappa shape index (κ1) is 18.5. The van der Waals surface area contributed by atoms with Gasteiger partial charge in [0.25, 0.3) is 0 Å². The lowest BCUT2D eigenvalue weighted by Gasteiger charge is -2.30. The van der Waals surface area contributed by atoms with Crippen molar-refractivity contribution in [2.24, 2.45) is 0 Å². The average Bonchev–Trinajstić information content (AvgIpc) is 3.06. The predicted molar refractivity (Wildman–Crippen MR) is 106 cm³/mol. The van der Waals surface area contributed by atoms with Crippen LogP contribution in [-0.2, 0) is 11.3 Å². The quantitative estimate of drug-likeness (QED) is 0.633. The molecule has 0 aliphatic carbocycles. The summed E-state index contributed by atoms with van der Waals surface area (Å²) in [5.41, 5.74) is 2.90. The molecule has 0 saturated heterocycles. The van der Waals surface area contributed by atoms with Crippen LogP contribution < -0.4 is 0 Å². The van der Waals surface area contributed by atoms with Crippen molar-refractivity contribution in [2.75, 3.05) is 0 Å². The Morgan fingerprint density at radius 3 is 2.65 bits per heavy atom. The topological polar surface area (TPSA) is 61.9 Å². The minimum Gasteiger partial charge on any atom is -0.335 e. The fourth-order valence-electron chi connectivity index (χ4n) is 2.81. The maximum absolute atomic E-state index is 13.2. The van der Waals surface area contributed by atoms with Crippen molar-refractivity contribution in [3.63, 3.8) is 0 Å². The number of nitrogens with zero attached hydrogens (tertiary/aromatic N) is 3. The highest BCUT2D eigenvalue weighted by Crippen LogP contribution is 2.27. The van der Waals surface area contributed by atoms with Crippen molar-refractivity contribution in [1.82, 2.24) is 19.9 Å². The van der Waals surface area contributed by atoms with Gasteiger partial charge < -0.3 is 9.88 Å². The third-order valence-electron chi connectivity index (χ3n) is 4.26. The van der Waals surface area contributed by atoms with E-state index >= 15 is 0 Å². The number of amides is 1. The van der Waals surface area contributed by atoms with Crippen LogP contribution in [0.1, 0.15) is 32.8 Å². The number of hydrogen-bond donors (Lipinski definition) is 1. The molecule has 1 aromatic carbocycles. The molecule has 3 rings (SSSR count). The number of fused-ring (bicyclic) bond motifs is 1. The minimum atomic E-state index is -0.172. The molecule has 3 aromatic rings.